The highest BCUT2D eigenvalue weighted by Crippen LogP contribution is 2.25. The zero-order valence-corrected chi connectivity index (χ0v) is 15.2. The number of aromatic nitrogens is 3. The van der Waals surface area contributed by atoms with E-state index < -0.39 is 10.8 Å². The van der Waals surface area contributed by atoms with Crippen LogP contribution in [0.1, 0.15) is 5.56 Å². The molecule has 2 heterocycles. The molecule has 9 heteroatoms. The first kappa shape index (κ1) is 17.6. The predicted molar refractivity (Wildman–Crippen MR) is 107 cm³/mol. The molecule has 2 aromatic carbocycles. The van der Waals surface area contributed by atoms with E-state index in [0.717, 1.165) is 11.3 Å². The SMILES string of the molecule is O=C(/C=C/c1ccc([N+](=O)[O-])cc1)Nc1nc2scc(-c3ccccc3)n2n1. The Bertz CT molecular complexity index is 1180. The Hall–Kier alpha value is -3.85. The molecule has 0 aliphatic heterocycles. The fourth-order valence-corrected chi connectivity index (χ4v) is 3.40. The minimum absolute atomic E-state index is 0.00176. The molecule has 8 nitrogen and oxygen atoms in total. The maximum Gasteiger partial charge on any atom is 0.269 e. The Morgan fingerprint density at radius 3 is 2.61 bits per heavy atom. The second kappa shape index (κ2) is 7.41. The average molecular weight is 391 g/mol. The zero-order chi connectivity index (χ0) is 19.5. The molecular weight excluding hydrogens is 378 g/mol. The van der Waals surface area contributed by atoms with E-state index in [1.54, 1.807) is 22.7 Å². The van der Waals surface area contributed by atoms with Crippen LogP contribution in [0.15, 0.2) is 66.1 Å². The summed E-state index contributed by atoms with van der Waals surface area (Å²) in [6, 6.07) is 15.7. The van der Waals surface area contributed by atoms with Crippen LogP contribution in [0.2, 0.25) is 0 Å². The number of hydrogen-bond acceptors (Lipinski definition) is 6. The van der Waals surface area contributed by atoms with Crippen LogP contribution in [0.3, 0.4) is 0 Å². The Labute approximate surface area is 162 Å². The van der Waals surface area contributed by atoms with Gasteiger partial charge in [-0.1, -0.05) is 30.3 Å². The fraction of sp³-hybridized carbons (Fsp3) is 0. The number of carbonyl (C=O) groups is 1. The third-order valence-corrected chi connectivity index (χ3v) is 4.73. The van der Waals surface area contributed by atoms with Crippen molar-refractivity contribution in [2.45, 2.75) is 0 Å². The van der Waals surface area contributed by atoms with E-state index in [1.165, 1.54) is 29.5 Å². The molecular formula is C19H13N5O3S. The first-order chi connectivity index (χ1) is 13.6. The van der Waals surface area contributed by atoms with Crippen LogP contribution in [0.4, 0.5) is 11.6 Å². The van der Waals surface area contributed by atoms with Gasteiger partial charge in [0, 0.05) is 29.2 Å². The first-order valence-electron chi connectivity index (χ1n) is 8.23. The van der Waals surface area contributed by atoms with E-state index in [-0.39, 0.29) is 11.6 Å². The molecule has 0 bridgehead atoms. The van der Waals surface area contributed by atoms with Crippen LogP contribution in [-0.4, -0.2) is 25.4 Å². The van der Waals surface area contributed by atoms with Gasteiger partial charge in [0.05, 0.1) is 10.6 Å². The second-order valence-electron chi connectivity index (χ2n) is 5.79. The van der Waals surface area contributed by atoms with Crippen LogP contribution in [0.25, 0.3) is 22.3 Å². The summed E-state index contributed by atoms with van der Waals surface area (Å²) in [5.74, 6) is -0.180. The van der Waals surface area contributed by atoms with E-state index in [2.05, 4.69) is 15.4 Å². The van der Waals surface area contributed by atoms with Gasteiger partial charge in [0.25, 0.3) is 17.5 Å². The van der Waals surface area contributed by atoms with Crippen molar-refractivity contribution in [3.8, 4) is 11.3 Å². The largest absolute Gasteiger partial charge is 0.290 e. The van der Waals surface area contributed by atoms with Gasteiger partial charge in [-0.15, -0.1) is 16.4 Å². The van der Waals surface area contributed by atoms with E-state index in [1.807, 2.05) is 35.7 Å². The summed E-state index contributed by atoms with van der Waals surface area (Å²) in [6.07, 6.45) is 2.89. The van der Waals surface area contributed by atoms with Crippen LogP contribution in [0.5, 0.6) is 0 Å². The summed E-state index contributed by atoms with van der Waals surface area (Å²) < 4.78 is 1.69. The number of amides is 1. The number of benzene rings is 2. The molecule has 0 saturated carbocycles. The van der Waals surface area contributed by atoms with Crippen molar-refractivity contribution in [3.05, 3.63) is 81.7 Å². The molecule has 1 amide bonds. The highest BCUT2D eigenvalue weighted by Gasteiger charge is 2.12. The lowest BCUT2D eigenvalue weighted by atomic mass is 10.2. The number of carbonyl (C=O) groups excluding carboxylic acids is 1. The summed E-state index contributed by atoms with van der Waals surface area (Å²) in [6.45, 7) is 0. The number of nitrogens with zero attached hydrogens (tertiary/aromatic N) is 4. The molecule has 0 saturated heterocycles. The molecule has 28 heavy (non-hydrogen) atoms. The lowest BCUT2D eigenvalue weighted by Gasteiger charge is -1.98. The molecule has 1 N–H and O–H groups in total. The molecule has 0 aliphatic carbocycles. The number of rotatable bonds is 5. The van der Waals surface area contributed by atoms with E-state index >= 15 is 0 Å². The van der Waals surface area contributed by atoms with Crippen LogP contribution in [0, 0.1) is 10.1 Å². The van der Waals surface area contributed by atoms with Crippen LogP contribution < -0.4 is 5.32 Å². The molecule has 2 aromatic heterocycles. The van der Waals surface area contributed by atoms with Crippen molar-refractivity contribution in [1.82, 2.24) is 14.6 Å². The minimum atomic E-state index is -0.472. The predicted octanol–water partition coefficient (Wildman–Crippen LogP) is 4.02. The lowest BCUT2D eigenvalue weighted by molar-refractivity contribution is -0.384. The Morgan fingerprint density at radius 2 is 1.89 bits per heavy atom. The van der Waals surface area contributed by atoms with Crippen molar-refractivity contribution in [2.75, 3.05) is 5.32 Å². The van der Waals surface area contributed by atoms with Gasteiger partial charge >= 0.3 is 0 Å². The van der Waals surface area contributed by atoms with Gasteiger partial charge in [0.1, 0.15) is 0 Å². The molecule has 4 rings (SSSR count). The normalized spacial score (nSPS) is 11.1. The first-order valence-corrected chi connectivity index (χ1v) is 9.11. The third kappa shape index (κ3) is 3.64. The number of thiazole rings is 1. The van der Waals surface area contributed by atoms with Gasteiger partial charge in [-0.05, 0) is 23.8 Å². The topological polar surface area (TPSA) is 102 Å². The number of nitro benzene ring substituents is 1. The Morgan fingerprint density at radius 1 is 1.14 bits per heavy atom. The van der Waals surface area contributed by atoms with Crippen molar-refractivity contribution in [2.24, 2.45) is 0 Å². The molecule has 0 atom stereocenters. The highest BCUT2D eigenvalue weighted by atomic mass is 32.1. The summed E-state index contributed by atoms with van der Waals surface area (Å²) in [7, 11) is 0. The van der Waals surface area contributed by atoms with Gasteiger partial charge in [-0.3, -0.25) is 20.2 Å². The number of fused-ring (bicyclic) bond motifs is 1. The Kier molecular flexibility index (Phi) is 4.65. The average Bonchev–Trinajstić information content (AvgIpc) is 3.27. The van der Waals surface area contributed by atoms with Gasteiger partial charge in [-0.2, -0.15) is 4.98 Å². The lowest BCUT2D eigenvalue weighted by Crippen LogP contribution is -2.09. The monoisotopic (exact) mass is 391 g/mol. The molecule has 0 radical (unpaired) electrons. The standard InChI is InChI=1S/C19H13N5O3S/c25-17(11-8-13-6-9-15(10-7-13)24(26)27)20-18-21-19-23(22-18)16(12-28-19)14-4-2-1-3-5-14/h1-12H,(H,20,22,25)/b11-8+. The van der Waals surface area contributed by atoms with Gasteiger partial charge in [0.15, 0.2) is 0 Å². The van der Waals surface area contributed by atoms with Crippen molar-refractivity contribution < 1.29 is 9.72 Å². The van der Waals surface area contributed by atoms with Crippen molar-refractivity contribution in [1.29, 1.82) is 0 Å². The number of nitro groups is 1. The fourth-order valence-electron chi connectivity index (χ4n) is 2.57. The molecule has 0 aliphatic rings. The molecule has 0 unspecified atom stereocenters. The zero-order valence-electron chi connectivity index (χ0n) is 14.4. The van der Waals surface area contributed by atoms with E-state index in [0.29, 0.717) is 10.5 Å². The van der Waals surface area contributed by atoms with Gasteiger partial charge < -0.3 is 0 Å². The van der Waals surface area contributed by atoms with E-state index in [9.17, 15) is 14.9 Å². The molecule has 0 fully saturated rings. The van der Waals surface area contributed by atoms with Crippen LogP contribution >= 0.6 is 11.3 Å². The van der Waals surface area contributed by atoms with Gasteiger partial charge in [0.2, 0.25) is 4.96 Å². The molecule has 138 valence electrons. The number of hydrogen-bond donors (Lipinski definition) is 1. The quantitative estimate of drug-likeness (QED) is 0.314. The van der Waals surface area contributed by atoms with Gasteiger partial charge in [-0.25, -0.2) is 4.52 Å². The van der Waals surface area contributed by atoms with Crippen LogP contribution in [-0.2, 0) is 4.79 Å². The summed E-state index contributed by atoms with van der Waals surface area (Å²) in [4.78, 5) is 27.3. The number of nitrogens with one attached hydrogen (secondary N) is 1. The Balaban J connectivity index is 1.48. The van der Waals surface area contributed by atoms with E-state index in [4.69, 9.17) is 0 Å². The third-order valence-electron chi connectivity index (χ3n) is 3.92. The maximum atomic E-state index is 12.1. The summed E-state index contributed by atoms with van der Waals surface area (Å²) in [5, 5.41) is 19.6. The number of anilines is 1. The highest BCUT2D eigenvalue weighted by molar-refractivity contribution is 7.15. The molecule has 4 aromatic rings. The van der Waals surface area contributed by atoms with Crippen molar-refractivity contribution >= 4 is 39.9 Å². The summed E-state index contributed by atoms with van der Waals surface area (Å²) >= 11 is 1.44. The summed E-state index contributed by atoms with van der Waals surface area (Å²) in [5.41, 5.74) is 2.58. The van der Waals surface area contributed by atoms with Crippen molar-refractivity contribution in [3.63, 3.8) is 0 Å². The smallest absolute Gasteiger partial charge is 0.269 e. The second-order valence-corrected chi connectivity index (χ2v) is 6.62. The molecule has 0 spiro atoms. The minimum Gasteiger partial charge on any atom is -0.290 e. The maximum absolute atomic E-state index is 12.1. The number of non-ortho nitro benzene ring substituents is 1.